The van der Waals surface area contributed by atoms with Crippen LogP contribution in [0.3, 0.4) is 0 Å². The predicted octanol–water partition coefficient (Wildman–Crippen LogP) is 3.96. The molecule has 2 aromatic carbocycles. The van der Waals surface area contributed by atoms with Crippen molar-refractivity contribution in [2.45, 2.75) is 26.0 Å². The minimum atomic E-state index is -0.682. The molecule has 0 aliphatic rings. The minimum absolute atomic E-state index is 0.0418. The third-order valence-electron chi connectivity index (χ3n) is 5.19. The van der Waals surface area contributed by atoms with Crippen LogP contribution in [0.2, 0.25) is 0 Å². The second-order valence-corrected chi connectivity index (χ2v) is 7.68. The van der Waals surface area contributed by atoms with Crippen LogP contribution in [0, 0.1) is 6.92 Å². The number of hydrogen-bond acceptors (Lipinski definition) is 4. The van der Waals surface area contributed by atoms with Crippen molar-refractivity contribution < 1.29 is 14.3 Å². The summed E-state index contributed by atoms with van der Waals surface area (Å²) in [6, 6.07) is 19.3. The number of fused-ring (bicyclic) bond motifs is 1. The molecule has 0 bridgehead atoms. The zero-order valence-electron chi connectivity index (χ0n) is 18.2. The van der Waals surface area contributed by atoms with Crippen molar-refractivity contribution >= 4 is 23.3 Å². The lowest BCUT2D eigenvalue weighted by Crippen LogP contribution is -2.35. The van der Waals surface area contributed by atoms with Gasteiger partial charge in [-0.15, -0.1) is 0 Å². The van der Waals surface area contributed by atoms with Crippen LogP contribution < -0.4 is 21.1 Å². The quantitative estimate of drug-likeness (QED) is 0.383. The molecule has 2 heterocycles. The van der Waals surface area contributed by atoms with Gasteiger partial charge in [-0.2, -0.15) is 0 Å². The monoisotopic (exact) mass is 443 g/mol. The fourth-order valence-electron chi connectivity index (χ4n) is 3.66. The van der Waals surface area contributed by atoms with Crippen LogP contribution in [-0.2, 0) is 11.4 Å². The molecule has 3 amide bonds. The normalized spacial score (nSPS) is 11.7. The molecule has 0 fully saturated rings. The van der Waals surface area contributed by atoms with E-state index in [4.69, 9.17) is 10.5 Å². The lowest BCUT2D eigenvalue weighted by Gasteiger charge is -2.19. The summed E-state index contributed by atoms with van der Waals surface area (Å²) in [6.45, 7) is 2.23. The first-order valence-electron chi connectivity index (χ1n) is 10.5. The van der Waals surface area contributed by atoms with Gasteiger partial charge in [0.1, 0.15) is 18.0 Å². The van der Waals surface area contributed by atoms with E-state index in [9.17, 15) is 9.59 Å². The van der Waals surface area contributed by atoms with E-state index in [2.05, 4.69) is 15.6 Å². The van der Waals surface area contributed by atoms with Crippen LogP contribution in [0.1, 0.15) is 29.3 Å². The lowest BCUT2D eigenvalue weighted by molar-refractivity contribution is -0.116. The third kappa shape index (κ3) is 5.68. The number of hydrogen-bond donors (Lipinski definition) is 3. The Hall–Kier alpha value is -4.33. The molecule has 4 N–H and O–H groups in total. The maximum Gasteiger partial charge on any atom is 0.312 e. The number of aryl methyl sites for hydroxylation is 1. The van der Waals surface area contributed by atoms with E-state index in [0.717, 1.165) is 22.5 Å². The maximum atomic E-state index is 12.7. The van der Waals surface area contributed by atoms with Crippen LogP contribution in [0.4, 0.5) is 10.5 Å². The number of primary amides is 1. The molecule has 4 rings (SSSR count). The van der Waals surface area contributed by atoms with E-state index in [0.29, 0.717) is 18.0 Å². The van der Waals surface area contributed by atoms with Crippen molar-refractivity contribution in [1.82, 2.24) is 14.7 Å². The summed E-state index contributed by atoms with van der Waals surface area (Å²) in [6.07, 6.45) is 3.89. The van der Waals surface area contributed by atoms with Gasteiger partial charge >= 0.3 is 6.03 Å². The highest BCUT2D eigenvalue weighted by Crippen LogP contribution is 2.23. The van der Waals surface area contributed by atoms with Gasteiger partial charge in [0, 0.05) is 24.1 Å². The molecule has 0 spiro atoms. The molecule has 8 nitrogen and oxygen atoms in total. The first kappa shape index (κ1) is 21.9. The zero-order valence-corrected chi connectivity index (χ0v) is 18.2. The molecular formula is C25H25N5O3. The fraction of sp³-hybridized carbons (Fsp3) is 0.160. The number of carbonyl (C=O) groups is 2. The van der Waals surface area contributed by atoms with Crippen LogP contribution in [-0.4, -0.2) is 21.3 Å². The number of aromatic nitrogens is 2. The molecule has 0 aliphatic heterocycles. The number of rotatable bonds is 8. The molecule has 1 atom stereocenters. The van der Waals surface area contributed by atoms with Crippen LogP contribution in [0.5, 0.6) is 5.75 Å². The molecule has 0 radical (unpaired) electrons. The first-order chi connectivity index (χ1) is 16.0. The highest BCUT2D eigenvalue weighted by atomic mass is 16.5. The Bertz CT molecular complexity index is 1250. The van der Waals surface area contributed by atoms with E-state index in [1.54, 1.807) is 18.2 Å². The highest BCUT2D eigenvalue weighted by Gasteiger charge is 2.19. The molecule has 8 heteroatoms. The summed E-state index contributed by atoms with van der Waals surface area (Å²) >= 11 is 0. The smallest absolute Gasteiger partial charge is 0.312 e. The first-order valence-corrected chi connectivity index (χ1v) is 10.5. The van der Waals surface area contributed by atoms with Gasteiger partial charge in [0.2, 0.25) is 5.91 Å². The van der Waals surface area contributed by atoms with Gasteiger partial charge in [0.05, 0.1) is 18.2 Å². The molecule has 33 heavy (non-hydrogen) atoms. The Kier molecular flexibility index (Phi) is 6.54. The SMILES string of the molecule is Cc1ccccc1C(CC(=O)Nc1cccc(OCc2cn3ccccc3n2)c1)NC(N)=O. The topological polar surface area (TPSA) is 111 Å². The number of urea groups is 1. The molecule has 0 saturated carbocycles. The van der Waals surface area contributed by atoms with E-state index >= 15 is 0 Å². The van der Waals surface area contributed by atoms with E-state index < -0.39 is 12.1 Å². The van der Waals surface area contributed by atoms with E-state index in [1.165, 1.54) is 0 Å². The molecule has 168 valence electrons. The maximum absolute atomic E-state index is 12.7. The number of nitrogens with one attached hydrogen (secondary N) is 2. The summed E-state index contributed by atoms with van der Waals surface area (Å²) in [5, 5.41) is 5.52. The van der Waals surface area contributed by atoms with E-state index in [-0.39, 0.29) is 12.3 Å². The molecule has 1 unspecified atom stereocenters. The Labute approximate surface area is 191 Å². The number of nitrogens with zero attached hydrogens (tertiary/aromatic N) is 2. The zero-order chi connectivity index (χ0) is 23.2. The van der Waals surface area contributed by atoms with Gasteiger partial charge in [0.25, 0.3) is 0 Å². The largest absolute Gasteiger partial charge is 0.487 e. The van der Waals surface area contributed by atoms with Gasteiger partial charge < -0.3 is 25.5 Å². The third-order valence-corrected chi connectivity index (χ3v) is 5.19. The van der Waals surface area contributed by atoms with Gasteiger partial charge in [-0.25, -0.2) is 9.78 Å². The average Bonchev–Trinajstić information content (AvgIpc) is 3.21. The van der Waals surface area contributed by atoms with Gasteiger partial charge in [-0.1, -0.05) is 36.4 Å². The Morgan fingerprint density at radius 3 is 2.70 bits per heavy atom. The molecule has 4 aromatic rings. The number of ether oxygens (including phenoxy) is 1. The Balaban J connectivity index is 1.39. The number of benzene rings is 2. The second-order valence-electron chi connectivity index (χ2n) is 7.68. The fourth-order valence-corrected chi connectivity index (χ4v) is 3.66. The van der Waals surface area contributed by atoms with Crippen LogP contribution in [0.25, 0.3) is 5.65 Å². The number of nitrogens with two attached hydrogens (primary N) is 1. The summed E-state index contributed by atoms with van der Waals surface area (Å²) in [7, 11) is 0. The van der Waals surface area contributed by atoms with E-state index in [1.807, 2.05) is 72.2 Å². The Morgan fingerprint density at radius 1 is 1.09 bits per heavy atom. The van der Waals surface area contributed by atoms with Crippen LogP contribution >= 0.6 is 0 Å². The predicted molar refractivity (Wildman–Crippen MR) is 126 cm³/mol. The van der Waals surface area contributed by atoms with Crippen LogP contribution in [0.15, 0.2) is 79.1 Å². The second kappa shape index (κ2) is 9.86. The standard InChI is InChI=1S/C25H25N5O3/c1-17-7-2-3-10-21(17)22(29-25(26)32)14-24(31)28-18-8-6-9-20(13-18)33-16-19-15-30-12-5-4-11-23(30)27-19/h2-13,15,22H,14,16H2,1H3,(H,28,31)(H3,26,29,32). The number of imidazole rings is 1. The van der Waals surface area contributed by atoms with Crippen molar-refractivity contribution in [2.75, 3.05) is 5.32 Å². The van der Waals surface area contributed by atoms with Crippen molar-refractivity contribution in [3.8, 4) is 5.75 Å². The molecule has 0 saturated heterocycles. The van der Waals surface area contributed by atoms with Gasteiger partial charge in [-0.3, -0.25) is 4.79 Å². The number of anilines is 1. The summed E-state index contributed by atoms with van der Waals surface area (Å²) in [4.78, 5) is 28.7. The average molecular weight is 444 g/mol. The summed E-state index contributed by atoms with van der Waals surface area (Å²) in [5.74, 6) is 0.352. The Morgan fingerprint density at radius 2 is 1.91 bits per heavy atom. The van der Waals surface area contributed by atoms with Gasteiger partial charge in [0.15, 0.2) is 0 Å². The van der Waals surface area contributed by atoms with Crippen molar-refractivity contribution in [3.05, 3.63) is 95.9 Å². The van der Waals surface area contributed by atoms with Crippen molar-refractivity contribution in [1.29, 1.82) is 0 Å². The lowest BCUT2D eigenvalue weighted by atomic mass is 9.98. The molecule has 0 aliphatic carbocycles. The molecular weight excluding hydrogens is 418 g/mol. The number of carbonyl (C=O) groups excluding carboxylic acids is 2. The minimum Gasteiger partial charge on any atom is -0.487 e. The number of pyridine rings is 1. The van der Waals surface area contributed by atoms with Crippen molar-refractivity contribution in [2.24, 2.45) is 5.73 Å². The van der Waals surface area contributed by atoms with Gasteiger partial charge in [-0.05, 0) is 42.3 Å². The summed E-state index contributed by atoms with van der Waals surface area (Å²) < 4.78 is 7.79. The highest BCUT2D eigenvalue weighted by molar-refractivity contribution is 5.91. The molecule has 2 aromatic heterocycles. The summed E-state index contributed by atoms with van der Waals surface area (Å²) in [5.41, 5.74) is 9.38. The van der Waals surface area contributed by atoms with Crippen molar-refractivity contribution in [3.63, 3.8) is 0 Å². The number of amides is 3.